The smallest absolute Gasteiger partial charge is 0.254 e. The number of amides is 1. The second kappa shape index (κ2) is 8.83. The molecule has 1 amide bonds. The van der Waals surface area contributed by atoms with Crippen molar-refractivity contribution in [3.05, 3.63) is 79.9 Å². The molecule has 0 fully saturated rings. The van der Waals surface area contributed by atoms with Crippen LogP contribution in [0.2, 0.25) is 10.0 Å². The number of hydrogen-bond acceptors (Lipinski definition) is 5. The van der Waals surface area contributed by atoms with E-state index in [1.165, 1.54) is 7.11 Å². The molecule has 8 heteroatoms. The number of allylic oxidation sites excluding steroid dienone is 2. The van der Waals surface area contributed by atoms with Gasteiger partial charge < -0.3 is 15.4 Å². The number of carbonyl (C=O) groups is 1. The minimum Gasteiger partial charge on any atom is -0.495 e. The highest BCUT2D eigenvalue weighted by Crippen LogP contribution is 2.42. The van der Waals surface area contributed by atoms with Crippen molar-refractivity contribution in [2.45, 2.75) is 12.8 Å². The van der Waals surface area contributed by atoms with Crippen molar-refractivity contribution in [2.75, 3.05) is 12.4 Å². The predicted octanol–water partition coefficient (Wildman–Crippen LogP) is 5.27. The van der Waals surface area contributed by atoms with E-state index in [0.29, 0.717) is 43.3 Å². The van der Waals surface area contributed by atoms with Crippen LogP contribution in [0, 0.1) is 11.3 Å². The highest BCUT2D eigenvalue weighted by molar-refractivity contribution is 7.84. The number of ether oxygens (including phenoxy) is 1. The summed E-state index contributed by atoms with van der Waals surface area (Å²) in [6.07, 6.45) is 0. The summed E-state index contributed by atoms with van der Waals surface area (Å²) in [7, 11) is 1.53. The SMILES string of the molecule is COc1ccccc1NC(=O)C1=C(C)NC(S)=C(C#N)C1c1ccc(Cl)cc1Cl. The molecule has 2 N–H and O–H groups in total. The van der Waals surface area contributed by atoms with E-state index >= 15 is 0 Å². The average molecular weight is 446 g/mol. The van der Waals surface area contributed by atoms with Crippen molar-refractivity contribution in [1.29, 1.82) is 5.26 Å². The van der Waals surface area contributed by atoms with Crippen molar-refractivity contribution >= 4 is 47.4 Å². The number of thiol groups is 1. The zero-order chi connectivity index (χ0) is 21.1. The summed E-state index contributed by atoms with van der Waals surface area (Å²) in [5.41, 5.74) is 2.31. The Morgan fingerprint density at radius 2 is 2.00 bits per heavy atom. The van der Waals surface area contributed by atoms with Gasteiger partial charge in [-0.05, 0) is 36.8 Å². The lowest BCUT2D eigenvalue weighted by atomic mass is 9.82. The summed E-state index contributed by atoms with van der Waals surface area (Å²) in [6, 6.07) is 14.2. The van der Waals surface area contributed by atoms with Crippen LogP contribution in [0.25, 0.3) is 0 Å². The van der Waals surface area contributed by atoms with Crippen LogP contribution in [0.4, 0.5) is 5.69 Å². The van der Waals surface area contributed by atoms with E-state index in [0.717, 1.165) is 0 Å². The highest BCUT2D eigenvalue weighted by Gasteiger charge is 2.35. The molecular formula is C21H17Cl2N3O2S. The minimum atomic E-state index is -0.701. The van der Waals surface area contributed by atoms with Gasteiger partial charge in [0.25, 0.3) is 5.91 Å². The van der Waals surface area contributed by atoms with Gasteiger partial charge >= 0.3 is 0 Å². The van der Waals surface area contributed by atoms with Crippen LogP contribution < -0.4 is 15.4 Å². The van der Waals surface area contributed by atoms with E-state index in [1.54, 1.807) is 49.4 Å². The molecule has 0 bridgehead atoms. The number of anilines is 1. The van der Waals surface area contributed by atoms with Crippen molar-refractivity contribution < 1.29 is 9.53 Å². The number of dihydropyridines is 1. The molecule has 0 aromatic heterocycles. The van der Waals surface area contributed by atoms with Gasteiger partial charge in [-0.3, -0.25) is 4.79 Å². The van der Waals surface area contributed by atoms with Crippen molar-refractivity contribution in [3.8, 4) is 11.8 Å². The molecule has 0 radical (unpaired) electrons. The minimum absolute atomic E-state index is 0.285. The monoisotopic (exact) mass is 445 g/mol. The van der Waals surface area contributed by atoms with E-state index in [-0.39, 0.29) is 11.5 Å². The molecule has 2 aromatic rings. The first-order valence-electron chi connectivity index (χ1n) is 8.57. The van der Waals surface area contributed by atoms with Gasteiger partial charge in [0.2, 0.25) is 0 Å². The fourth-order valence-electron chi connectivity index (χ4n) is 3.21. The van der Waals surface area contributed by atoms with E-state index in [9.17, 15) is 10.1 Å². The Morgan fingerprint density at radius 3 is 2.66 bits per heavy atom. The van der Waals surface area contributed by atoms with Crippen molar-refractivity contribution in [1.82, 2.24) is 5.32 Å². The number of methoxy groups -OCH3 is 1. The van der Waals surface area contributed by atoms with Crippen LogP contribution in [-0.2, 0) is 4.79 Å². The van der Waals surface area contributed by atoms with Crippen LogP contribution in [0.15, 0.2) is 64.3 Å². The largest absolute Gasteiger partial charge is 0.495 e. The lowest BCUT2D eigenvalue weighted by molar-refractivity contribution is -0.113. The molecule has 0 aliphatic carbocycles. The third-order valence-corrected chi connectivity index (χ3v) is 5.45. The molecule has 3 rings (SSSR count). The molecule has 0 saturated carbocycles. The maximum absolute atomic E-state index is 13.3. The lowest BCUT2D eigenvalue weighted by Gasteiger charge is -2.29. The fourth-order valence-corrected chi connectivity index (χ4v) is 4.08. The van der Waals surface area contributed by atoms with Crippen molar-refractivity contribution in [2.24, 2.45) is 0 Å². The maximum atomic E-state index is 13.3. The maximum Gasteiger partial charge on any atom is 0.254 e. The van der Waals surface area contributed by atoms with Gasteiger partial charge in [-0.15, -0.1) is 12.6 Å². The summed E-state index contributed by atoms with van der Waals surface area (Å²) in [5, 5.41) is 16.8. The van der Waals surface area contributed by atoms with Gasteiger partial charge in [-0.1, -0.05) is 41.4 Å². The fraction of sp³-hybridized carbons (Fsp3) is 0.143. The molecule has 1 unspecified atom stereocenters. The number of para-hydroxylation sites is 2. The standard InChI is InChI=1S/C21H17Cl2N3O2S/c1-11-18(20(27)26-16-5-3-4-6-17(16)28-2)19(14(10-24)21(29)25-11)13-8-7-12(22)9-15(13)23/h3-9,19,25,29H,1-2H3,(H,26,27). The summed E-state index contributed by atoms with van der Waals surface area (Å²) in [4.78, 5) is 13.3. The summed E-state index contributed by atoms with van der Waals surface area (Å²) in [5.74, 6) is -0.563. The second-order valence-electron chi connectivity index (χ2n) is 6.29. The highest BCUT2D eigenvalue weighted by atomic mass is 35.5. The quantitative estimate of drug-likeness (QED) is 0.560. The van der Waals surface area contributed by atoms with Gasteiger partial charge in [0.1, 0.15) is 5.75 Å². The molecule has 0 saturated heterocycles. The number of benzene rings is 2. The van der Waals surface area contributed by atoms with E-state index < -0.39 is 5.92 Å². The van der Waals surface area contributed by atoms with Gasteiger partial charge in [-0.25, -0.2) is 0 Å². The molecule has 1 atom stereocenters. The van der Waals surface area contributed by atoms with Crippen molar-refractivity contribution in [3.63, 3.8) is 0 Å². The first kappa shape index (κ1) is 21.1. The topological polar surface area (TPSA) is 74.2 Å². The number of nitrogens with zero attached hydrogens (tertiary/aromatic N) is 1. The molecule has 1 aliphatic rings. The van der Waals surface area contributed by atoms with Crippen LogP contribution in [0.1, 0.15) is 18.4 Å². The molecule has 2 aromatic carbocycles. The zero-order valence-corrected chi connectivity index (χ0v) is 18.0. The van der Waals surface area contributed by atoms with Gasteiger partial charge in [0, 0.05) is 21.3 Å². The molecule has 0 spiro atoms. The molecular weight excluding hydrogens is 429 g/mol. The van der Waals surface area contributed by atoms with Gasteiger partial charge in [-0.2, -0.15) is 5.26 Å². The first-order valence-corrected chi connectivity index (χ1v) is 9.78. The van der Waals surface area contributed by atoms with Crippen LogP contribution >= 0.6 is 35.8 Å². The summed E-state index contributed by atoms with van der Waals surface area (Å²) < 4.78 is 5.31. The Morgan fingerprint density at radius 1 is 1.28 bits per heavy atom. The Hall–Kier alpha value is -2.59. The Kier molecular flexibility index (Phi) is 6.43. The average Bonchev–Trinajstić information content (AvgIpc) is 2.68. The zero-order valence-electron chi connectivity index (χ0n) is 15.6. The van der Waals surface area contributed by atoms with Crippen LogP contribution in [0.5, 0.6) is 5.75 Å². The third kappa shape index (κ3) is 4.23. The summed E-state index contributed by atoms with van der Waals surface area (Å²) >= 11 is 16.8. The third-order valence-electron chi connectivity index (χ3n) is 4.54. The predicted molar refractivity (Wildman–Crippen MR) is 118 cm³/mol. The van der Waals surface area contributed by atoms with Gasteiger partial charge in [0.15, 0.2) is 0 Å². The molecule has 1 aliphatic heterocycles. The first-order chi connectivity index (χ1) is 13.9. The number of halogens is 2. The van der Waals surface area contributed by atoms with Crippen LogP contribution in [-0.4, -0.2) is 13.0 Å². The normalized spacial score (nSPS) is 16.2. The summed E-state index contributed by atoms with van der Waals surface area (Å²) in [6.45, 7) is 1.75. The number of nitrogens with one attached hydrogen (secondary N) is 2. The Bertz CT molecular complexity index is 1090. The molecule has 148 valence electrons. The number of carbonyl (C=O) groups excluding carboxylic acids is 1. The van der Waals surface area contributed by atoms with E-state index in [2.05, 4.69) is 29.3 Å². The number of hydrogen-bond donors (Lipinski definition) is 3. The van der Waals surface area contributed by atoms with E-state index in [1.807, 2.05) is 0 Å². The van der Waals surface area contributed by atoms with Gasteiger partial charge in [0.05, 0.1) is 35.4 Å². The molecule has 1 heterocycles. The molecule has 5 nitrogen and oxygen atoms in total. The van der Waals surface area contributed by atoms with E-state index in [4.69, 9.17) is 27.9 Å². The van der Waals surface area contributed by atoms with Crippen LogP contribution in [0.3, 0.4) is 0 Å². The second-order valence-corrected chi connectivity index (χ2v) is 7.58. The molecule has 29 heavy (non-hydrogen) atoms. The number of nitriles is 1. The Labute approximate surface area is 184 Å². The Balaban J connectivity index is 2.10. The lowest BCUT2D eigenvalue weighted by Crippen LogP contribution is -2.30. The number of rotatable bonds is 4.